The molecule has 22 heavy (non-hydrogen) atoms. The molecule has 3 rings (SSSR count). The van der Waals surface area contributed by atoms with Gasteiger partial charge >= 0.3 is 0 Å². The van der Waals surface area contributed by atoms with Crippen LogP contribution in [0.3, 0.4) is 0 Å². The lowest BCUT2D eigenvalue weighted by molar-refractivity contribution is 0.181. The molecule has 0 spiro atoms. The van der Waals surface area contributed by atoms with Gasteiger partial charge in [0.2, 0.25) is 0 Å². The Morgan fingerprint density at radius 2 is 2.32 bits per heavy atom. The molecular formula is C15H20N6O. The number of ether oxygens (including phenoxy) is 1. The smallest absolute Gasteiger partial charge is 0.182 e. The Bertz CT molecular complexity index is 600. The molecule has 0 amide bonds. The van der Waals surface area contributed by atoms with Gasteiger partial charge in [-0.25, -0.2) is 15.0 Å². The zero-order chi connectivity index (χ0) is 15.2. The molecule has 2 aromatic heterocycles. The van der Waals surface area contributed by atoms with E-state index in [1.54, 1.807) is 25.7 Å². The van der Waals surface area contributed by atoms with Crippen LogP contribution in [0.25, 0.3) is 11.5 Å². The first kappa shape index (κ1) is 14.8. The van der Waals surface area contributed by atoms with E-state index < -0.39 is 0 Å². The zero-order valence-corrected chi connectivity index (χ0v) is 12.6. The van der Waals surface area contributed by atoms with Crippen molar-refractivity contribution >= 4 is 5.82 Å². The molecule has 1 unspecified atom stereocenters. The van der Waals surface area contributed by atoms with Gasteiger partial charge in [0.15, 0.2) is 5.82 Å². The minimum atomic E-state index is 0.383. The maximum atomic E-state index is 5.20. The Morgan fingerprint density at radius 1 is 1.36 bits per heavy atom. The Kier molecular flexibility index (Phi) is 4.87. The van der Waals surface area contributed by atoms with Crippen molar-refractivity contribution in [3.05, 3.63) is 30.4 Å². The first-order chi connectivity index (χ1) is 10.8. The first-order valence-electron chi connectivity index (χ1n) is 7.45. The molecule has 0 bridgehead atoms. The lowest BCUT2D eigenvalue weighted by Crippen LogP contribution is -2.38. The number of hydrogen-bond acceptors (Lipinski definition) is 7. The molecule has 7 heteroatoms. The van der Waals surface area contributed by atoms with Crippen molar-refractivity contribution in [1.82, 2.24) is 25.3 Å². The molecule has 7 nitrogen and oxygen atoms in total. The van der Waals surface area contributed by atoms with Crippen LogP contribution >= 0.6 is 0 Å². The highest BCUT2D eigenvalue weighted by molar-refractivity contribution is 5.52. The fraction of sp³-hybridized carbons (Fsp3) is 0.467. The van der Waals surface area contributed by atoms with E-state index in [1.807, 2.05) is 6.07 Å². The van der Waals surface area contributed by atoms with Gasteiger partial charge in [-0.05, 0) is 19.4 Å². The summed E-state index contributed by atoms with van der Waals surface area (Å²) < 4.78 is 5.20. The molecule has 1 saturated heterocycles. The number of piperidine rings is 1. The second kappa shape index (κ2) is 7.24. The van der Waals surface area contributed by atoms with Gasteiger partial charge < -0.3 is 15.4 Å². The average Bonchev–Trinajstić information content (AvgIpc) is 2.57. The first-order valence-corrected chi connectivity index (χ1v) is 7.45. The van der Waals surface area contributed by atoms with Crippen LogP contribution in [0.5, 0.6) is 0 Å². The van der Waals surface area contributed by atoms with E-state index in [1.165, 1.54) is 6.42 Å². The summed E-state index contributed by atoms with van der Waals surface area (Å²) in [7, 11) is 1.66. The van der Waals surface area contributed by atoms with Crippen molar-refractivity contribution in [2.75, 3.05) is 25.5 Å². The molecule has 1 aliphatic heterocycles. The van der Waals surface area contributed by atoms with E-state index >= 15 is 0 Å². The summed E-state index contributed by atoms with van der Waals surface area (Å²) in [5, 5.41) is 6.86. The van der Waals surface area contributed by atoms with Gasteiger partial charge in [0.25, 0.3) is 0 Å². The van der Waals surface area contributed by atoms with Crippen molar-refractivity contribution in [2.45, 2.75) is 25.5 Å². The van der Waals surface area contributed by atoms with Gasteiger partial charge in [0.1, 0.15) is 11.5 Å². The molecule has 3 heterocycles. The van der Waals surface area contributed by atoms with E-state index in [4.69, 9.17) is 4.74 Å². The number of hydrogen-bond donors (Lipinski definition) is 2. The quantitative estimate of drug-likeness (QED) is 0.859. The summed E-state index contributed by atoms with van der Waals surface area (Å²) >= 11 is 0. The van der Waals surface area contributed by atoms with Gasteiger partial charge in [-0.1, -0.05) is 0 Å². The van der Waals surface area contributed by atoms with Crippen LogP contribution in [0.1, 0.15) is 18.5 Å². The molecule has 2 aromatic rings. The molecule has 1 fully saturated rings. The molecule has 116 valence electrons. The number of nitrogens with one attached hydrogen (secondary N) is 2. The third kappa shape index (κ3) is 3.75. The van der Waals surface area contributed by atoms with Gasteiger partial charge in [-0.3, -0.25) is 4.98 Å². The number of rotatable bonds is 5. The van der Waals surface area contributed by atoms with Crippen molar-refractivity contribution in [2.24, 2.45) is 0 Å². The fourth-order valence-electron chi connectivity index (χ4n) is 2.51. The van der Waals surface area contributed by atoms with Crippen LogP contribution in [0.4, 0.5) is 5.82 Å². The molecule has 1 aliphatic rings. The third-order valence-electron chi connectivity index (χ3n) is 3.51. The highest BCUT2D eigenvalue weighted by Crippen LogP contribution is 2.17. The van der Waals surface area contributed by atoms with E-state index in [2.05, 4.69) is 30.6 Å². The molecule has 1 atom stereocenters. The molecule has 0 radical (unpaired) electrons. The van der Waals surface area contributed by atoms with Crippen LogP contribution in [0, 0.1) is 0 Å². The predicted octanol–water partition coefficient (Wildman–Crippen LogP) is 1.24. The Hall–Kier alpha value is -2.12. The minimum absolute atomic E-state index is 0.383. The van der Waals surface area contributed by atoms with Gasteiger partial charge in [-0.2, -0.15) is 0 Å². The maximum absolute atomic E-state index is 5.20. The molecular weight excluding hydrogens is 280 g/mol. The second-order valence-electron chi connectivity index (χ2n) is 5.28. The summed E-state index contributed by atoms with van der Waals surface area (Å²) in [6.07, 6.45) is 7.24. The molecule has 0 aromatic carbocycles. The van der Waals surface area contributed by atoms with Crippen LogP contribution in [0.15, 0.2) is 24.7 Å². The zero-order valence-electron chi connectivity index (χ0n) is 12.6. The molecule has 2 N–H and O–H groups in total. The number of nitrogens with zero attached hydrogens (tertiary/aromatic N) is 4. The Balaban J connectivity index is 1.86. The lowest BCUT2D eigenvalue weighted by atomic mass is 10.1. The SMILES string of the molecule is COCc1cc(NC2CCCNC2)nc(-c2cnccn2)n1. The Labute approximate surface area is 129 Å². The van der Waals surface area contributed by atoms with E-state index in [0.717, 1.165) is 31.0 Å². The minimum Gasteiger partial charge on any atom is -0.378 e. The van der Waals surface area contributed by atoms with Crippen molar-refractivity contribution in [3.8, 4) is 11.5 Å². The van der Waals surface area contributed by atoms with Gasteiger partial charge in [0.05, 0.1) is 18.5 Å². The Morgan fingerprint density at radius 3 is 3.05 bits per heavy atom. The summed E-state index contributed by atoms with van der Waals surface area (Å²) in [5.41, 5.74) is 1.48. The normalized spacial score (nSPS) is 18.1. The van der Waals surface area contributed by atoms with Crippen molar-refractivity contribution in [1.29, 1.82) is 0 Å². The number of methoxy groups -OCH3 is 1. The van der Waals surface area contributed by atoms with E-state index in [-0.39, 0.29) is 0 Å². The summed E-state index contributed by atoms with van der Waals surface area (Å²) in [6, 6.07) is 2.31. The van der Waals surface area contributed by atoms with E-state index in [9.17, 15) is 0 Å². The third-order valence-corrected chi connectivity index (χ3v) is 3.51. The van der Waals surface area contributed by atoms with Crippen molar-refractivity contribution < 1.29 is 4.74 Å². The highest BCUT2D eigenvalue weighted by Gasteiger charge is 2.15. The standard InChI is InChI=1S/C15H20N6O/c1-22-10-12-7-14(19-11-3-2-4-16-8-11)21-15(20-12)13-9-17-5-6-18-13/h5-7,9,11,16H,2-4,8,10H2,1H3,(H,19,20,21). The van der Waals surface area contributed by atoms with E-state index in [0.29, 0.717) is 24.2 Å². The summed E-state index contributed by atoms with van der Waals surface area (Å²) in [6.45, 7) is 2.47. The average molecular weight is 300 g/mol. The van der Waals surface area contributed by atoms with Crippen molar-refractivity contribution in [3.63, 3.8) is 0 Å². The summed E-state index contributed by atoms with van der Waals surface area (Å²) in [5.74, 6) is 1.37. The number of anilines is 1. The van der Waals surface area contributed by atoms with Crippen LogP contribution in [0.2, 0.25) is 0 Å². The monoisotopic (exact) mass is 300 g/mol. The number of aromatic nitrogens is 4. The maximum Gasteiger partial charge on any atom is 0.182 e. The van der Waals surface area contributed by atoms with Gasteiger partial charge in [0, 0.05) is 38.2 Å². The largest absolute Gasteiger partial charge is 0.378 e. The highest BCUT2D eigenvalue weighted by atomic mass is 16.5. The van der Waals surface area contributed by atoms with Gasteiger partial charge in [-0.15, -0.1) is 0 Å². The second-order valence-corrected chi connectivity index (χ2v) is 5.28. The van der Waals surface area contributed by atoms with Crippen LogP contribution < -0.4 is 10.6 Å². The van der Waals surface area contributed by atoms with Crippen LogP contribution in [-0.2, 0) is 11.3 Å². The topological polar surface area (TPSA) is 84.9 Å². The molecule has 0 aliphatic carbocycles. The van der Waals surface area contributed by atoms with Crippen LogP contribution in [-0.4, -0.2) is 46.2 Å². The fourth-order valence-corrected chi connectivity index (χ4v) is 2.51. The molecule has 0 saturated carbocycles. The summed E-state index contributed by atoms with van der Waals surface area (Å²) in [4.78, 5) is 17.4. The lowest BCUT2D eigenvalue weighted by Gasteiger charge is -2.24. The predicted molar refractivity (Wildman–Crippen MR) is 83.3 cm³/mol.